The highest BCUT2D eigenvalue weighted by atomic mass is 16.2. The van der Waals surface area contributed by atoms with Gasteiger partial charge in [-0.25, -0.2) is 0 Å². The molecule has 16 heavy (non-hydrogen) atoms. The average Bonchev–Trinajstić information content (AvgIpc) is 2.39. The topological polar surface area (TPSA) is 56.2 Å². The Labute approximate surface area is 98.2 Å². The molecule has 0 bridgehead atoms. The molecule has 4 heteroatoms. The first kappa shape index (κ1) is 14.7. The summed E-state index contributed by atoms with van der Waals surface area (Å²) in [4.78, 5) is 13.7. The Balaban J connectivity index is 0.00000106. The average molecular weight is 225 g/mol. The lowest BCUT2D eigenvalue weighted by Crippen LogP contribution is -2.42. The highest BCUT2D eigenvalue weighted by Crippen LogP contribution is 2.19. The van der Waals surface area contributed by atoms with Gasteiger partial charge in [-0.3, -0.25) is 4.79 Å². The van der Waals surface area contributed by atoms with Gasteiger partial charge in [-0.05, 0) is 25.5 Å². The molecule has 4 nitrogen and oxygen atoms in total. The summed E-state index contributed by atoms with van der Waals surface area (Å²) in [7, 11) is 1.74. The lowest BCUT2D eigenvalue weighted by atomic mass is 9.95. The first-order chi connectivity index (χ1) is 7.69. The minimum atomic E-state index is 0.0608. The van der Waals surface area contributed by atoms with Crippen LogP contribution in [0.2, 0.25) is 0 Å². The van der Waals surface area contributed by atoms with Crippen molar-refractivity contribution < 1.29 is 4.79 Å². The Bertz CT molecular complexity index is 240. The van der Waals surface area contributed by atoms with Gasteiger partial charge in [0.1, 0.15) is 0 Å². The SMILES string of the molecule is C=C(NC)C(=O)N1CCCC(CC)C1.C=N. The second kappa shape index (κ2) is 7.91. The van der Waals surface area contributed by atoms with E-state index in [-0.39, 0.29) is 5.91 Å². The highest BCUT2D eigenvalue weighted by molar-refractivity contribution is 5.92. The molecule has 0 aromatic rings. The van der Waals surface area contributed by atoms with Crippen LogP contribution in [0.1, 0.15) is 26.2 Å². The Morgan fingerprint density at radius 3 is 2.69 bits per heavy atom. The molecule has 1 rings (SSSR count). The summed E-state index contributed by atoms with van der Waals surface area (Å²) in [6.07, 6.45) is 3.55. The maximum absolute atomic E-state index is 11.8. The maximum atomic E-state index is 11.8. The zero-order valence-corrected chi connectivity index (χ0v) is 10.4. The maximum Gasteiger partial charge on any atom is 0.269 e. The molecule has 1 aliphatic heterocycles. The minimum absolute atomic E-state index is 0.0608. The number of rotatable bonds is 3. The van der Waals surface area contributed by atoms with E-state index in [2.05, 4.69) is 25.5 Å². The van der Waals surface area contributed by atoms with E-state index in [0.29, 0.717) is 11.6 Å². The quantitative estimate of drug-likeness (QED) is 0.566. The number of piperidine rings is 1. The van der Waals surface area contributed by atoms with Crippen molar-refractivity contribution in [2.45, 2.75) is 26.2 Å². The molecule has 0 aliphatic carbocycles. The van der Waals surface area contributed by atoms with Crippen LogP contribution in [0.3, 0.4) is 0 Å². The molecular weight excluding hydrogens is 202 g/mol. The molecule has 1 heterocycles. The van der Waals surface area contributed by atoms with Crippen molar-refractivity contribution in [1.29, 1.82) is 5.41 Å². The van der Waals surface area contributed by atoms with Gasteiger partial charge in [0.2, 0.25) is 0 Å². The van der Waals surface area contributed by atoms with Crippen LogP contribution in [-0.4, -0.2) is 37.7 Å². The summed E-state index contributed by atoms with van der Waals surface area (Å²) in [5.74, 6) is 0.739. The van der Waals surface area contributed by atoms with Gasteiger partial charge in [0.05, 0.1) is 5.70 Å². The first-order valence-electron chi connectivity index (χ1n) is 5.70. The van der Waals surface area contributed by atoms with Crippen molar-refractivity contribution >= 4 is 12.6 Å². The number of amides is 1. The Kier molecular flexibility index (Phi) is 7.25. The third kappa shape index (κ3) is 4.04. The zero-order chi connectivity index (χ0) is 12.6. The zero-order valence-electron chi connectivity index (χ0n) is 10.4. The van der Waals surface area contributed by atoms with E-state index < -0.39 is 0 Å². The molecule has 1 aliphatic rings. The number of carbonyl (C=O) groups is 1. The number of nitrogens with one attached hydrogen (secondary N) is 2. The standard InChI is InChI=1S/C11H20N2O.CH3N/c1-4-10-6-5-7-13(8-10)11(14)9(2)12-3;1-2/h10,12H,2,4-8H2,1,3H3;2H,1H2. The Hall–Kier alpha value is -1.32. The van der Waals surface area contributed by atoms with Crippen molar-refractivity contribution in [1.82, 2.24) is 10.2 Å². The van der Waals surface area contributed by atoms with Crippen LogP contribution in [0.5, 0.6) is 0 Å². The van der Waals surface area contributed by atoms with Gasteiger partial charge in [-0.1, -0.05) is 19.9 Å². The molecule has 1 unspecified atom stereocenters. The highest BCUT2D eigenvalue weighted by Gasteiger charge is 2.23. The predicted octanol–water partition coefficient (Wildman–Crippen LogP) is 1.63. The molecule has 2 N–H and O–H groups in total. The summed E-state index contributed by atoms with van der Waals surface area (Å²) in [5.41, 5.74) is 0.502. The first-order valence-corrected chi connectivity index (χ1v) is 5.70. The number of likely N-dealkylation sites (N-methyl/N-ethyl adjacent to an activating group) is 1. The van der Waals surface area contributed by atoms with Crippen LogP contribution in [0.25, 0.3) is 0 Å². The Morgan fingerprint density at radius 2 is 2.19 bits per heavy atom. The minimum Gasteiger partial charge on any atom is -0.384 e. The fraction of sp³-hybridized carbons (Fsp3) is 0.667. The van der Waals surface area contributed by atoms with E-state index in [1.165, 1.54) is 6.42 Å². The van der Waals surface area contributed by atoms with Gasteiger partial charge >= 0.3 is 0 Å². The molecule has 0 radical (unpaired) electrons. The van der Waals surface area contributed by atoms with Crippen LogP contribution < -0.4 is 5.32 Å². The summed E-state index contributed by atoms with van der Waals surface area (Å²) in [5, 5.41) is 8.31. The molecule has 1 atom stereocenters. The molecule has 92 valence electrons. The molecule has 1 saturated heterocycles. The predicted molar refractivity (Wildman–Crippen MR) is 67.6 cm³/mol. The van der Waals surface area contributed by atoms with E-state index in [4.69, 9.17) is 5.41 Å². The fourth-order valence-electron chi connectivity index (χ4n) is 1.88. The van der Waals surface area contributed by atoms with E-state index in [1.54, 1.807) is 7.05 Å². The van der Waals surface area contributed by atoms with Crippen molar-refractivity contribution in [3.63, 3.8) is 0 Å². The lowest BCUT2D eigenvalue weighted by Gasteiger charge is -2.32. The Morgan fingerprint density at radius 1 is 1.56 bits per heavy atom. The van der Waals surface area contributed by atoms with Crippen LogP contribution in [-0.2, 0) is 4.79 Å². The monoisotopic (exact) mass is 225 g/mol. The lowest BCUT2D eigenvalue weighted by molar-refractivity contribution is -0.129. The second-order valence-electron chi connectivity index (χ2n) is 3.90. The third-order valence-corrected chi connectivity index (χ3v) is 2.94. The number of likely N-dealkylation sites (tertiary alicyclic amines) is 1. The molecule has 1 fully saturated rings. The summed E-state index contributed by atoms with van der Waals surface area (Å²) < 4.78 is 0. The number of carbonyl (C=O) groups excluding carboxylic acids is 1. The summed E-state index contributed by atoms with van der Waals surface area (Å²) in [6.45, 7) is 10.2. The van der Waals surface area contributed by atoms with Gasteiger partial charge in [-0.2, -0.15) is 0 Å². The van der Waals surface area contributed by atoms with Gasteiger partial charge in [0, 0.05) is 20.1 Å². The number of nitrogens with zero attached hydrogens (tertiary/aromatic N) is 1. The van der Waals surface area contributed by atoms with Gasteiger partial charge < -0.3 is 15.6 Å². The number of hydrogen-bond donors (Lipinski definition) is 2. The van der Waals surface area contributed by atoms with Crippen molar-refractivity contribution in [3.05, 3.63) is 12.3 Å². The van der Waals surface area contributed by atoms with Crippen molar-refractivity contribution in [3.8, 4) is 0 Å². The third-order valence-electron chi connectivity index (χ3n) is 2.94. The van der Waals surface area contributed by atoms with Crippen molar-refractivity contribution in [2.75, 3.05) is 20.1 Å². The van der Waals surface area contributed by atoms with Crippen molar-refractivity contribution in [2.24, 2.45) is 5.92 Å². The smallest absolute Gasteiger partial charge is 0.269 e. The van der Waals surface area contributed by atoms with E-state index in [9.17, 15) is 4.79 Å². The molecule has 0 saturated carbocycles. The van der Waals surface area contributed by atoms with Gasteiger partial charge in [0.25, 0.3) is 5.91 Å². The second-order valence-corrected chi connectivity index (χ2v) is 3.90. The van der Waals surface area contributed by atoms with Crippen LogP contribution in [0.15, 0.2) is 12.3 Å². The van der Waals surface area contributed by atoms with E-state index in [0.717, 1.165) is 25.9 Å². The molecule has 0 aromatic carbocycles. The molecule has 0 aromatic heterocycles. The van der Waals surface area contributed by atoms with E-state index in [1.807, 2.05) is 4.90 Å². The number of hydrogen-bond acceptors (Lipinski definition) is 3. The van der Waals surface area contributed by atoms with Gasteiger partial charge in [-0.15, -0.1) is 0 Å². The van der Waals surface area contributed by atoms with Crippen LogP contribution in [0.4, 0.5) is 0 Å². The van der Waals surface area contributed by atoms with Gasteiger partial charge in [0.15, 0.2) is 0 Å². The fourth-order valence-corrected chi connectivity index (χ4v) is 1.88. The van der Waals surface area contributed by atoms with Crippen LogP contribution >= 0.6 is 0 Å². The molecule has 0 spiro atoms. The molecule has 1 amide bonds. The van der Waals surface area contributed by atoms with Crippen LogP contribution in [0, 0.1) is 11.3 Å². The summed E-state index contributed by atoms with van der Waals surface area (Å²) >= 11 is 0. The van der Waals surface area contributed by atoms with E-state index >= 15 is 0 Å². The largest absolute Gasteiger partial charge is 0.384 e. The summed E-state index contributed by atoms with van der Waals surface area (Å²) in [6, 6.07) is 0. The normalized spacial score (nSPS) is 19.4. The molecular formula is C12H23N3O.